The maximum atomic E-state index is 13.1. The number of H-pyrrole nitrogens is 2. The highest BCUT2D eigenvalue weighted by atomic mass is 35.5. The van der Waals surface area contributed by atoms with Gasteiger partial charge in [-0.1, -0.05) is 23.7 Å². The number of hydrogen-bond acceptors (Lipinski definition) is 6. The Morgan fingerprint density at radius 2 is 1.56 bits per heavy atom. The molecule has 0 aliphatic carbocycles. The van der Waals surface area contributed by atoms with Crippen LogP contribution in [0.4, 0.5) is 5.69 Å². The monoisotopic (exact) mass is 499 g/mol. The average Bonchev–Trinajstić information content (AvgIpc) is 2.79. The maximum Gasteiger partial charge on any atom is 0.314 e. The number of benzene rings is 3. The van der Waals surface area contributed by atoms with Crippen LogP contribution in [-0.4, -0.2) is 31.6 Å². The van der Waals surface area contributed by atoms with Crippen LogP contribution in [0.2, 0.25) is 5.02 Å². The highest BCUT2D eigenvalue weighted by molar-refractivity contribution is 7.92. The third-order valence-corrected chi connectivity index (χ3v) is 7.22. The van der Waals surface area contributed by atoms with Crippen LogP contribution in [0.5, 0.6) is 11.5 Å². The fraction of sp³-hybridized carbons (Fsp3) is 0.130. The molecule has 174 valence electrons. The Labute approximate surface area is 198 Å². The molecule has 3 aromatic carbocycles. The van der Waals surface area contributed by atoms with Gasteiger partial charge in [0.15, 0.2) is 11.5 Å². The van der Waals surface area contributed by atoms with Crippen molar-refractivity contribution in [1.29, 1.82) is 0 Å². The zero-order valence-corrected chi connectivity index (χ0v) is 19.3. The molecule has 0 radical (unpaired) electrons. The molecule has 5 rings (SSSR count). The number of anilines is 1. The largest absolute Gasteiger partial charge is 0.486 e. The molecule has 0 saturated carbocycles. The fourth-order valence-corrected chi connectivity index (χ4v) is 5.37. The maximum absolute atomic E-state index is 13.1. The van der Waals surface area contributed by atoms with Gasteiger partial charge in [0.05, 0.1) is 26.6 Å². The summed E-state index contributed by atoms with van der Waals surface area (Å²) in [4.78, 5) is 28.0. The second kappa shape index (κ2) is 8.23. The van der Waals surface area contributed by atoms with E-state index in [-0.39, 0.29) is 16.1 Å². The number of aromatic amines is 2. The number of aromatic nitrogens is 2. The quantitative estimate of drug-likeness (QED) is 0.369. The molecule has 0 atom stereocenters. The Hall–Kier alpha value is -3.76. The smallest absolute Gasteiger partial charge is 0.314 e. The lowest BCUT2D eigenvalue weighted by atomic mass is 10.0. The average molecular weight is 500 g/mol. The first-order chi connectivity index (χ1) is 16.2. The molecule has 0 amide bonds. The van der Waals surface area contributed by atoms with Crippen molar-refractivity contribution in [3.63, 3.8) is 0 Å². The number of sulfonamides is 1. The normalized spacial score (nSPS) is 13.1. The van der Waals surface area contributed by atoms with Gasteiger partial charge in [0, 0.05) is 5.56 Å². The van der Waals surface area contributed by atoms with E-state index in [0.717, 1.165) is 5.56 Å². The van der Waals surface area contributed by atoms with Crippen molar-refractivity contribution >= 4 is 38.3 Å². The van der Waals surface area contributed by atoms with Crippen molar-refractivity contribution in [2.24, 2.45) is 0 Å². The first-order valence-corrected chi connectivity index (χ1v) is 12.1. The first-order valence-electron chi connectivity index (χ1n) is 10.2. The Kier molecular flexibility index (Phi) is 5.34. The van der Waals surface area contributed by atoms with Gasteiger partial charge in [-0.25, -0.2) is 8.42 Å². The van der Waals surface area contributed by atoms with E-state index in [4.69, 9.17) is 21.1 Å². The number of fused-ring (bicyclic) bond motifs is 2. The van der Waals surface area contributed by atoms with Gasteiger partial charge in [-0.3, -0.25) is 14.3 Å². The van der Waals surface area contributed by atoms with Crippen LogP contribution in [0.3, 0.4) is 0 Å². The van der Waals surface area contributed by atoms with Crippen molar-refractivity contribution in [3.8, 4) is 22.6 Å². The summed E-state index contributed by atoms with van der Waals surface area (Å²) in [5, 5.41) is 0.342. The van der Waals surface area contributed by atoms with Gasteiger partial charge in [0.25, 0.3) is 10.0 Å². The van der Waals surface area contributed by atoms with Gasteiger partial charge in [-0.2, -0.15) is 0 Å². The second-order valence-corrected chi connectivity index (χ2v) is 9.79. The van der Waals surface area contributed by atoms with Crippen LogP contribution in [0, 0.1) is 6.92 Å². The third kappa shape index (κ3) is 4.02. The lowest BCUT2D eigenvalue weighted by molar-refractivity contribution is 0.171. The summed E-state index contributed by atoms with van der Waals surface area (Å²) in [7, 11) is -4.02. The number of rotatable bonds is 4. The van der Waals surface area contributed by atoms with Gasteiger partial charge >= 0.3 is 11.1 Å². The molecule has 0 fully saturated rings. The standard InChI is InChI=1S/C23H18ClN3O6S/c1-12-8-17-18(26-23(29)22(28)25-17)11-21(12)34(30,31)27-14-3-4-15(16(24)10-14)13-2-5-19-20(9-13)33-7-6-32-19/h2-5,8-11,27H,6-7H2,1H3,(H,25,28)(H,26,29). The second-order valence-electron chi connectivity index (χ2n) is 7.73. The number of halogens is 1. The molecular weight excluding hydrogens is 482 g/mol. The predicted molar refractivity (Wildman–Crippen MR) is 129 cm³/mol. The van der Waals surface area contributed by atoms with Gasteiger partial charge in [-0.05, 0) is 54.4 Å². The molecule has 3 N–H and O–H groups in total. The Bertz CT molecular complexity index is 1680. The van der Waals surface area contributed by atoms with E-state index in [0.29, 0.717) is 46.4 Å². The Morgan fingerprint density at radius 3 is 2.26 bits per heavy atom. The fourth-order valence-electron chi connectivity index (χ4n) is 3.78. The topological polar surface area (TPSA) is 130 Å². The Balaban J connectivity index is 1.47. The van der Waals surface area contributed by atoms with Crippen LogP contribution < -0.4 is 25.3 Å². The van der Waals surface area contributed by atoms with E-state index >= 15 is 0 Å². The molecule has 0 spiro atoms. The molecular formula is C23H18ClN3O6S. The lowest BCUT2D eigenvalue weighted by Gasteiger charge is -2.19. The number of hydrogen-bond donors (Lipinski definition) is 3. The molecule has 11 heteroatoms. The Morgan fingerprint density at radius 1 is 0.882 bits per heavy atom. The zero-order valence-electron chi connectivity index (χ0n) is 17.8. The van der Waals surface area contributed by atoms with E-state index in [1.807, 2.05) is 12.1 Å². The summed E-state index contributed by atoms with van der Waals surface area (Å²) >= 11 is 6.48. The van der Waals surface area contributed by atoms with Crippen molar-refractivity contribution in [1.82, 2.24) is 9.97 Å². The van der Waals surface area contributed by atoms with Crippen molar-refractivity contribution < 1.29 is 17.9 Å². The molecule has 1 aliphatic rings. The van der Waals surface area contributed by atoms with E-state index < -0.39 is 21.1 Å². The summed E-state index contributed by atoms with van der Waals surface area (Å²) in [6.07, 6.45) is 0. The van der Waals surface area contributed by atoms with Crippen LogP contribution in [-0.2, 0) is 10.0 Å². The summed E-state index contributed by atoms with van der Waals surface area (Å²) in [5.41, 5.74) is 0.998. The van der Waals surface area contributed by atoms with Crippen LogP contribution in [0.25, 0.3) is 22.2 Å². The molecule has 0 unspecified atom stereocenters. The van der Waals surface area contributed by atoms with E-state index in [2.05, 4.69) is 14.7 Å². The molecule has 4 aromatic rings. The highest BCUT2D eigenvalue weighted by Crippen LogP contribution is 2.38. The molecule has 1 aliphatic heterocycles. The van der Waals surface area contributed by atoms with E-state index in [1.165, 1.54) is 18.2 Å². The minimum Gasteiger partial charge on any atom is -0.486 e. The van der Waals surface area contributed by atoms with Gasteiger partial charge in [-0.15, -0.1) is 0 Å². The van der Waals surface area contributed by atoms with Crippen molar-refractivity contribution in [2.45, 2.75) is 11.8 Å². The molecule has 2 heterocycles. The van der Waals surface area contributed by atoms with Crippen LogP contribution >= 0.6 is 11.6 Å². The van der Waals surface area contributed by atoms with Gasteiger partial charge < -0.3 is 19.4 Å². The lowest BCUT2D eigenvalue weighted by Crippen LogP contribution is -2.29. The van der Waals surface area contributed by atoms with Crippen LogP contribution in [0.15, 0.2) is 63.0 Å². The summed E-state index contributed by atoms with van der Waals surface area (Å²) in [5.74, 6) is 1.28. The minimum atomic E-state index is -4.02. The summed E-state index contributed by atoms with van der Waals surface area (Å²) in [6, 6.07) is 13.1. The zero-order chi connectivity index (χ0) is 24.0. The minimum absolute atomic E-state index is 0.0465. The van der Waals surface area contributed by atoms with Crippen LogP contribution in [0.1, 0.15) is 5.56 Å². The SMILES string of the molecule is Cc1cc2[nH]c(=O)c(=O)[nH]c2cc1S(=O)(=O)Nc1ccc(-c2ccc3c(c2)OCCO3)c(Cl)c1. The summed E-state index contributed by atoms with van der Waals surface area (Å²) < 4.78 is 39.9. The highest BCUT2D eigenvalue weighted by Gasteiger charge is 2.20. The van der Waals surface area contributed by atoms with E-state index in [9.17, 15) is 18.0 Å². The molecule has 9 nitrogen and oxygen atoms in total. The molecule has 34 heavy (non-hydrogen) atoms. The van der Waals surface area contributed by atoms with Crippen molar-refractivity contribution in [3.05, 3.63) is 79.8 Å². The molecule has 0 bridgehead atoms. The van der Waals surface area contributed by atoms with Crippen molar-refractivity contribution in [2.75, 3.05) is 17.9 Å². The van der Waals surface area contributed by atoms with Gasteiger partial charge in [0.1, 0.15) is 13.2 Å². The number of aryl methyl sites for hydroxylation is 1. The molecule has 0 saturated heterocycles. The third-order valence-electron chi connectivity index (χ3n) is 5.38. The van der Waals surface area contributed by atoms with E-state index in [1.54, 1.807) is 25.1 Å². The molecule has 1 aromatic heterocycles. The van der Waals surface area contributed by atoms with Gasteiger partial charge in [0.2, 0.25) is 0 Å². The number of ether oxygens (including phenoxy) is 2. The first kappa shape index (κ1) is 22.1. The summed E-state index contributed by atoms with van der Waals surface area (Å²) in [6.45, 7) is 2.55. The number of nitrogens with one attached hydrogen (secondary N) is 3. The predicted octanol–water partition coefficient (Wildman–Crippen LogP) is 3.42.